The van der Waals surface area contributed by atoms with Crippen LogP contribution in [0.2, 0.25) is 0 Å². The molecule has 0 bridgehead atoms. The van der Waals surface area contributed by atoms with Crippen molar-refractivity contribution in [3.63, 3.8) is 0 Å². The molecule has 1 aromatic rings. The molecule has 4 rings (SSSR count). The molecule has 2 aliphatic heterocycles. The number of hydrogen-bond acceptors (Lipinski definition) is 5. The molecule has 1 aromatic carbocycles. The number of nitrogens with zero attached hydrogens (tertiary/aromatic N) is 4. The van der Waals surface area contributed by atoms with Crippen molar-refractivity contribution in [1.82, 2.24) is 14.7 Å². The summed E-state index contributed by atoms with van der Waals surface area (Å²) in [5.41, 5.74) is 0.472. The molecule has 3 atom stereocenters. The number of amides is 4. The largest absolute Gasteiger partial charge is 0.335 e. The van der Waals surface area contributed by atoms with Crippen molar-refractivity contribution in [2.45, 2.75) is 63.1 Å². The maximum absolute atomic E-state index is 13.8. The molecule has 2 heterocycles. The average Bonchev–Trinajstić information content (AvgIpc) is 3.54. The topological polar surface area (TPSA) is 114 Å². The second kappa shape index (κ2) is 8.75. The first-order chi connectivity index (χ1) is 16.1. The predicted octanol–water partition coefficient (Wildman–Crippen LogP) is 1.49. The van der Waals surface area contributed by atoms with Crippen LogP contribution in [-0.2, 0) is 24.6 Å². The van der Waals surface area contributed by atoms with Gasteiger partial charge in [-0.2, -0.15) is 5.26 Å². The zero-order valence-electron chi connectivity index (χ0n) is 20.1. The van der Waals surface area contributed by atoms with Gasteiger partial charge in [0.05, 0.1) is 11.5 Å². The van der Waals surface area contributed by atoms with Crippen LogP contribution in [0.3, 0.4) is 0 Å². The number of fused-ring (bicyclic) bond motifs is 2. The highest BCUT2D eigenvalue weighted by Crippen LogP contribution is 2.46. The van der Waals surface area contributed by atoms with E-state index in [1.807, 2.05) is 38.1 Å². The van der Waals surface area contributed by atoms with Crippen LogP contribution in [-0.4, -0.2) is 77.1 Å². The minimum Gasteiger partial charge on any atom is -0.335 e. The predicted molar refractivity (Wildman–Crippen MR) is 124 cm³/mol. The van der Waals surface area contributed by atoms with Gasteiger partial charge in [0.15, 0.2) is 0 Å². The van der Waals surface area contributed by atoms with Crippen molar-refractivity contribution in [2.24, 2.45) is 5.92 Å². The van der Waals surface area contributed by atoms with Crippen LogP contribution in [0.4, 0.5) is 5.69 Å². The molecule has 4 amide bonds. The van der Waals surface area contributed by atoms with E-state index in [4.69, 9.17) is 0 Å². The first-order valence-corrected chi connectivity index (χ1v) is 11.8. The fourth-order valence-electron chi connectivity index (χ4n) is 5.12. The average molecular weight is 466 g/mol. The maximum Gasteiger partial charge on any atom is 0.312 e. The second-order valence-corrected chi connectivity index (χ2v) is 10.1. The fraction of sp³-hybridized carbons (Fsp3) is 0.560. The van der Waals surface area contributed by atoms with Crippen LogP contribution in [0.15, 0.2) is 24.3 Å². The third-order valence-electron chi connectivity index (χ3n) is 7.28. The van der Waals surface area contributed by atoms with Crippen LogP contribution < -0.4 is 5.32 Å². The van der Waals surface area contributed by atoms with Gasteiger partial charge in [-0.15, -0.1) is 0 Å². The summed E-state index contributed by atoms with van der Waals surface area (Å²) in [6, 6.07) is 7.86. The third kappa shape index (κ3) is 3.91. The zero-order chi connectivity index (χ0) is 24.8. The van der Waals surface area contributed by atoms with Crippen LogP contribution in [0.5, 0.6) is 0 Å². The number of para-hydroxylation sites is 1. The van der Waals surface area contributed by atoms with E-state index in [1.54, 1.807) is 7.05 Å². The number of anilines is 1. The summed E-state index contributed by atoms with van der Waals surface area (Å²) in [5.74, 6) is -1.94. The zero-order valence-corrected chi connectivity index (χ0v) is 20.1. The van der Waals surface area contributed by atoms with Crippen LogP contribution in [0.1, 0.15) is 45.1 Å². The van der Waals surface area contributed by atoms with Crippen molar-refractivity contribution >= 4 is 29.3 Å². The van der Waals surface area contributed by atoms with Gasteiger partial charge in [-0.3, -0.25) is 19.2 Å². The number of likely N-dealkylation sites (N-methyl/N-ethyl adjacent to an activating group) is 2. The molecule has 1 spiro atoms. The van der Waals surface area contributed by atoms with Gasteiger partial charge in [-0.1, -0.05) is 32.0 Å². The number of rotatable bonds is 5. The number of carbonyl (C=O) groups is 4. The molecule has 1 saturated heterocycles. The summed E-state index contributed by atoms with van der Waals surface area (Å²) in [4.78, 5) is 56.7. The Hall–Kier alpha value is -3.41. The van der Waals surface area contributed by atoms with Gasteiger partial charge in [0, 0.05) is 38.8 Å². The van der Waals surface area contributed by atoms with Gasteiger partial charge in [0.1, 0.15) is 12.1 Å². The van der Waals surface area contributed by atoms with Gasteiger partial charge < -0.3 is 20.0 Å². The molecule has 0 unspecified atom stereocenters. The number of nitrogens with one attached hydrogen (secondary N) is 1. The van der Waals surface area contributed by atoms with E-state index in [1.165, 1.54) is 21.7 Å². The summed E-state index contributed by atoms with van der Waals surface area (Å²) in [6.07, 6.45) is 2.27. The van der Waals surface area contributed by atoms with E-state index in [-0.39, 0.29) is 30.8 Å². The number of benzene rings is 1. The molecular weight excluding hydrogens is 434 g/mol. The van der Waals surface area contributed by atoms with Crippen molar-refractivity contribution in [3.05, 3.63) is 29.8 Å². The first kappa shape index (κ1) is 23.7. The molecule has 9 nitrogen and oxygen atoms in total. The molecular formula is C25H31N5O4. The summed E-state index contributed by atoms with van der Waals surface area (Å²) in [7, 11) is 3.08. The summed E-state index contributed by atoms with van der Waals surface area (Å²) in [6.45, 7) is 3.93. The minimum atomic E-state index is -1.00. The smallest absolute Gasteiger partial charge is 0.312 e. The Kier molecular flexibility index (Phi) is 6.11. The van der Waals surface area contributed by atoms with Gasteiger partial charge in [-0.05, 0) is 36.8 Å². The highest BCUT2D eigenvalue weighted by atomic mass is 16.2. The van der Waals surface area contributed by atoms with Crippen molar-refractivity contribution < 1.29 is 19.2 Å². The molecule has 0 radical (unpaired) electrons. The Labute approximate surface area is 199 Å². The van der Waals surface area contributed by atoms with Gasteiger partial charge in [-0.25, -0.2) is 0 Å². The number of nitriles is 1. The minimum absolute atomic E-state index is 0.0550. The van der Waals surface area contributed by atoms with E-state index >= 15 is 0 Å². The first-order valence-electron chi connectivity index (χ1n) is 11.8. The standard InChI is InChI=1S/C25H31N5O4/c1-15(2)11-20(29(4)23(33)22(32)28(3)16-9-10-16)21(31)30-14-25(12-17(30)13-26)18-7-5-6-8-19(18)27-24(25)34/h5-8,15-17,20H,9-12,14H2,1-4H3,(H,27,34)/t17-,20-,25-/m0/s1. The Morgan fingerprint density at radius 2 is 1.88 bits per heavy atom. The van der Waals surface area contributed by atoms with E-state index in [0.29, 0.717) is 12.1 Å². The molecule has 34 heavy (non-hydrogen) atoms. The third-order valence-corrected chi connectivity index (χ3v) is 7.28. The summed E-state index contributed by atoms with van der Waals surface area (Å²) >= 11 is 0. The molecule has 3 aliphatic rings. The molecule has 1 aliphatic carbocycles. The monoisotopic (exact) mass is 465 g/mol. The second-order valence-electron chi connectivity index (χ2n) is 10.1. The lowest BCUT2D eigenvalue weighted by Crippen LogP contribution is -2.54. The molecule has 1 saturated carbocycles. The maximum atomic E-state index is 13.8. The van der Waals surface area contributed by atoms with Gasteiger partial charge >= 0.3 is 11.8 Å². The number of carbonyl (C=O) groups excluding carboxylic acids is 4. The van der Waals surface area contributed by atoms with Crippen LogP contribution in [0, 0.1) is 17.2 Å². The van der Waals surface area contributed by atoms with E-state index < -0.39 is 35.2 Å². The number of likely N-dealkylation sites (tertiary alicyclic amines) is 1. The van der Waals surface area contributed by atoms with Gasteiger partial charge in [0.2, 0.25) is 11.8 Å². The highest BCUT2D eigenvalue weighted by molar-refractivity contribution is 6.35. The van der Waals surface area contributed by atoms with Crippen LogP contribution >= 0.6 is 0 Å². The summed E-state index contributed by atoms with van der Waals surface area (Å²) < 4.78 is 0. The Bertz CT molecular complexity index is 1080. The summed E-state index contributed by atoms with van der Waals surface area (Å²) in [5, 5.41) is 12.8. The van der Waals surface area contributed by atoms with Crippen molar-refractivity contribution in [1.29, 1.82) is 5.26 Å². The lowest BCUT2D eigenvalue weighted by molar-refractivity contribution is -0.155. The quantitative estimate of drug-likeness (QED) is 0.662. The normalized spacial score (nSPS) is 23.9. The molecule has 1 N–H and O–H groups in total. The molecule has 0 aromatic heterocycles. The number of hydrogen-bond donors (Lipinski definition) is 1. The fourth-order valence-corrected chi connectivity index (χ4v) is 5.12. The van der Waals surface area contributed by atoms with E-state index in [0.717, 1.165) is 18.4 Å². The molecule has 180 valence electrons. The molecule has 9 heteroatoms. The Morgan fingerprint density at radius 3 is 2.50 bits per heavy atom. The Morgan fingerprint density at radius 1 is 1.21 bits per heavy atom. The van der Waals surface area contributed by atoms with Crippen molar-refractivity contribution in [2.75, 3.05) is 26.0 Å². The molecule has 2 fully saturated rings. The lowest BCUT2D eigenvalue weighted by atomic mass is 9.80. The van der Waals surface area contributed by atoms with E-state index in [2.05, 4.69) is 11.4 Å². The highest BCUT2D eigenvalue weighted by Gasteiger charge is 2.56. The van der Waals surface area contributed by atoms with E-state index in [9.17, 15) is 24.4 Å². The Balaban J connectivity index is 1.61. The lowest BCUT2D eigenvalue weighted by Gasteiger charge is -2.33. The van der Waals surface area contributed by atoms with Gasteiger partial charge in [0.25, 0.3) is 0 Å². The van der Waals surface area contributed by atoms with Crippen LogP contribution in [0.25, 0.3) is 0 Å². The SMILES string of the molecule is CC(C)C[C@@H](C(=O)N1C[C@]2(C[C@H]1C#N)C(=O)Nc1ccccc12)N(C)C(=O)C(=O)N(C)C1CC1. The van der Waals surface area contributed by atoms with Crippen molar-refractivity contribution in [3.8, 4) is 6.07 Å².